The van der Waals surface area contributed by atoms with Crippen LogP contribution >= 0.6 is 0 Å². The summed E-state index contributed by atoms with van der Waals surface area (Å²) in [7, 11) is -2.77. The van der Waals surface area contributed by atoms with Gasteiger partial charge >= 0.3 is 0 Å². The van der Waals surface area contributed by atoms with E-state index in [2.05, 4.69) is 6.92 Å². The maximum absolute atomic E-state index is 11.1. The van der Waals surface area contributed by atoms with Gasteiger partial charge in [0, 0.05) is 6.61 Å². The van der Waals surface area contributed by atoms with Gasteiger partial charge in [0.25, 0.3) is 0 Å². The molecule has 0 aromatic carbocycles. The molecular weight excluding hydrogens is 200 g/mol. The van der Waals surface area contributed by atoms with Crippen LogP contribution in [-0.2, 0) is 14.6 Å². The average molecular weight is 220 g/mol. The van der Waals surface area contributed by atoms with E-state index in [9.17, 15) is 8.42 Å². The molecule has 4 heteroatoms. The number of rotatable bonds is 6. The first-order valence-corrected chi connectivity index (χ1v) is 7.28. The third-order valence-electron chi connectivity index (χ3n) is 2.54. The Hall–Kier alpha value is -0.0900. The number of unbranched alkanes of at least 4 members (excludes halogenated alkanes) is 3. The quantitative estimate of drug-likeness (QED) is 0.641. The van der Waals surface area contributed by atoms with E-state index < -0.39 is 9.84 Å². The van der Waals surface area contributed by atoms with Crippen molar-refractivity contribution < 1.29 is 13.2 Å². The molecule has 0 unspecified atom stereocenters. The van der Waals surface area contributed by atoms with E-state index in [-0.39, 0.29) is 11.9 Å². The summed E-state index contributed by atoms with van der Waals surface area (Å²) in [5, 5.41) is 0. The Bertz CT molecular complexity index is 246. The molecule has 0 N–H and O–H groups in total. The summed E-state index contributed by atoms with van der Waals surface area (Å²) in [5.74, 6) is 0.549. The van der Waals surface area contributed by atoms with E-state index in [0.29, 0.717) is 12.2 Å². The normalized spacial score (nSPS) is 25.4. The highest BCUT2D eigenvalue weighted by Gasteiger charge is 2.28. The minimum atomic E-state index is -2.77. The van der Waals surface area contributed by atoms with Gasteiger partial charge in [-0.05, 0) is 12.8 Å². The van der Waals surface area contributed by atoms with Crippen molar-refractivity contribution in [3.63, 3.8) is 0 Å². The van der Waals surface area contributed by atoms with Crippen LogP contribution in [0.15, 0.2) is 0 Å². The van der Waals surface area contributed by atoms with Crippen molar-refractivity contribution in [2.45, 2.75) is 45.1 Å². The van der Waals surface area contributed by atoms with Gasteiger partial charge in [-0.3, -0.25) is 0 Å². The third-order valence-corrected chi connectivity index (χ3v) is 4.28. The number of ether oxygens (including phenoxy) is 1. The molecule has 0 spiro atoms. The van der Waals surface area contributed by atoms with Crippen LogP contribution < -0.4 is 0 Å². The Kier molecular flexibility index (Phi) is 4.89. The summed E-state index contributed by atoms with van der Waals surface area (Å²) in [6.45, 7) is 2.89. The fourth-order valence-electron chi connectivity index (χ4n) is 1.67. The van der Waals surface area contributed by atoms with E-state index in [0.717, 1.165) is 13.0 Å². The molecule has 1 atom stereocenters. The number of hydrogen-bond donors (Lipinski definition) is 0. The van der Waals surface area contributed by atoms with Crippen LogP contribution in [0.25, 0.3) is 0 Å². The highest BCUT2D eigenvalue weighted by molar-refractivity contribution is 7.91. The van der Waals surface area contributed by atoms with Crippen molar-refractivity contribution >= 4 is 9.84 Å². The fourth-order valence-corrected chi connectivity index (χ4v) is 3.29. The summed E-state index contributed by atoms with van der Waals surface area (Å²) in [6.07, 6.45) is 5.38. The molecule has 1 saturated heterocycles. The molecule has 3 nitrogen and oxygen atoms in total. The molecule has 0 radical (unpaired) electrons. The van der Waals surface area contributed by atoms with E-state index in [1.54, 1.807) is 0 Å². The molecule has 84 valence electrons. The molecule has 14 heavy (non-hydrogen) atoms. The van der Waals surface area contributed by atoms with E-state index in [1.807, 2.05) is 0 Å². The zero-order valence-corrected chi connectivity index (χ0v) is 9.68. The van der Waals surface area contributed by atoms with Crippen molar-refractivity contribution in [3.8, 4) is 0 Å². The minimum Gasteiger partial charge on any atom is -0.377 e. The summed E-state index contributed by atoms with van der Waals surface area (Å²) in [5.41, 5.74) is 0. The largest absolute Gasteiger partial charge is 0.377 e. The summed E-state index contributed by atoms with van der Waals surface area (Å²) < 4.78 is 27.7. The standard InChI is InChI=1S/C10H20O3S/c1-2-3-4-5-7-13-10-6-8-14(11,12)9-10/h10H,2-9H2,1H3/t10-/m1/s1. The van der Waals surface area contributed by atoms with E-state index in [1.165, 1.54) is 19.3 Å². The minimum absolute atomic E-state index is 0.0263. The SMILES string of the molecule is CCCCCCO[C@@H]1CCS(=O)(=O)C1. The fraction of sp³-hybridized carbons (Fsp3) is 1.00. The van der Waals surface area contributed by atoms with Crippen LogP contribution in [0, 0.1) is 0 Å². The molecule has 1 aliphatic heterocycles. The smallest absolute Gasteiger partial charge is 0.152 e. The zero-order valence-electron chi connectivity index (χ0n) is 8.87. The van der Waals surface area contributed by atoms with Crippen molar-refractivity contribution in [2.75, 3.05) is 18.1 Å². The highest BCUT2D eigenvalue weighted by Crippen LogP contribution is 2.15. The van der Waals surface area contributed by atoms with Gasteiger partial charge < -0.3 is 4.74 Å². The molecule has 0 aromatic heterocycles. The monoisotopic (exact) mass is 220 g/mol. The van der Waals surface area contributed by atoms with Gasteiger partial charge in [-0.15, -0.1) is 0 Å². The van der Waals surface area contributed by atoms with Crippen LogP contribution in [0.5, 0.6) is 0 Å². The molecule has 0 aliphatic carbocycles. The van der Waals surface area contributed by atoms with Crippen LogP contribution in [0.1, 0.15) is 39.0 Å². The van der Waals surface area contributed by atoms with Crippen LogP contribution in [0.3, 0.4) is 0 Å². The van der Waals surface area contributed by atoms with Gasteiger partial charge in [-0.25, -0.2) is 8.42 Å². The maximum atomic E-state index is 11.1. The van der Waals surface area contributed by atoms with Crippen LogP contribution in [-0.4, -0.2) is 32.6 Å². The molecule has 0 bridgehead atoms. The molecule has 0 amide bonds. The first-order valence-electron chi connectivity index (χ1n) is 5.46. The lowest BCUT2D eigenvalue weighted by Crippen LogP contribution is -2.15. The summed E-state index contributed by atoms with van der Waals surface area (Å²) >= 11 is 0. The third kappa shape index (κ3) is 4.42. The molecule has 0 aromatic rings. The Morgan fingerprint density at radius 2 is 2.07 bits per heavy atom. The average Bonchev–Trinajstić information content (AvgIpc) is 2.45. The molecular formula is C10H20O3S. The highest BCUT2D eigenvalue weighted by atomic mass is 32.2. The van der Waals surface area contributed by atoms with Crippen molar-refractivity contribution in [2.24, 2.45) is 0 Å². The molecule has 1 rings (SSSR count). The van der Waals surface area contributed by atoms with Crippen molar-refractivity contribution in [1.82, 2.24) is 0 Å². The van der Waals surface area contributed by atoms with Crippen LogP contribution in [0.2, 0.25) is 0 Å². The number of sulfone groups is 1. The van der Waals surface area contributed by atoms with Gasteiger partial charge in [-0.2, -0.15) is 0 Å². The second kappa shape index (κ2) is 5.71. The second-order valence-corrected chi connectivity index (χ2v) is 6.19. The van der Waals surface area contributed by atoms with Gasteiger partial charge in [0.1, 0.15) is 0 Å². The first-order chi connectivity index (χ1) is 6.64. The number of hydrogen-bond acceptors (Lipinski definition) is 3. The predicted molar refractivity (Wildman–Crippen MR) is 57.2 cm³/mol. The predicted octanol–water partition coefficient (Wildman–Crippen LogP) is 1.77. The maximum Gasteiger partial charge on any atom is 0.152 e. The Labute approximate surface area is 86.8 Å². The molecule has 0 saturated carbocycles. The van der Waals surface area contributed by atoms with Gasteiger partial charge in [0.05, 0.1) is 17.6 Å². The lowest BCUT2D eigenvalue weighted by molar-refractivity contribution is 0.0680. The van der Waals surface area contributed by atoms with E-state index in [4.69, 9.17) is 4.74 Å². The van der Waals surface area contributed by atoms with Crippen molar-refractivity contribution in [1.29, 1.82) is 0 Å². The molecule has 1 heterocycles. The van der Waals surface area contributed by atoms with Crippen LogP contribution in [0.4, 0.5) is 0 Å². The molecule has 1 aliphatic rings. The lowest BCUT2D eigenvalue weighted by atomic mass is 10.2. The van der Waals surface area contributed by atoms with Gasteiger partial charge in [0.2, 0.25) is 0 Å². The van der Waals surface area contributed by atoms with Gasteiger partial charge in [-0.1, -0.05) is 26.2 Å². The topological polar surface area (TPSA) is 43.4 Å². The molecule has 1 fully saturated rings. The second-order valence-electron chi connectivity index (χ2n) is 3.96. The Balaban J connectivity index is 2.03. The van der Waals surface area contributed by atoms with E-state index >= 15 is 0 Å². The summed E-state index contributed by atoms with van der Waals surface area (Å²) in [6, 6.07) is 0. The van der Waals surface area contributed by atoms with Gasteiger partial charge in [0.15, 0.2) is 9.84 Å². The lowest BCUT2D eigenvalue weighted by Gasteiger charge is -2.08. The van der Waals surface area contributed by atoms with Crippen molar-refractivity contribution in [3.05, 3.63) is 0 Å². The Morgan fingerprint density at radius 3 is 2.64 bits per heavy atom. The first kappa shape index (κ1) is 12.0. The zero-order chi connectivity index (χ0) is 10.4. The Morgan fingerprint density at radius 1 is 1.29 bits per heavy atom. The summed E-state index contributed by atoms with van der Waals surface area (Å²) in [4.78, 5) is 0.